The summed E-state index contributed by atoms with van der Waals surface area (Å²) in [6.45, 7) is 0.386. The lowest BCUT2D eigenvalue weighted by Gasteiger charge is -2.24. The number of nitrogens with zero attached hydrogens (tertiary/aromatic N) is 1. The highest BCUT2D eigenvalue weighted by molar-refractivity contribution is 5.99. The molecule has 4 nitrogen and oxygen atoms in total. The topological polar surface area (TPSA) is 49.4 Å². The molecule has 24 heavy (non-hydrogen) atoms. The molecular formula is C18H22F2N2O2. The van der Waals surface area contributed by atoms with Gasteiger partial charge >= 0.3 is 6.03 Å². The number of anilines is 1. The fraction of sp³-hybridized carbons (Fsp3) is 0.556. The van der Waals surface area contributed by atoms with Crippen molar-refractivity contribution in [1.82, 2.24) is 4.90 Å². The van der Waals surface area contributed by atoms with Gasteiger partial charge in [0.25, 0.3) is 0 Å². The highest BCUT2D eigenvalue weighted by atomic mass is 19.3. The van der Waals surface area contributed by atoms with E-state index in [-0.39, 0.29) is 37.1 Å². The van der Waals surface area contributed by atoms with Crippen molar-refractivity contribution in [2.75, 3.05) is 18.4 Å². The van der Waals surface area contributed by atoms with Crippen LogP contribution in [-0.4, -0.2) is 35.7 Å². The van der Waals surface area contributed by atoms with E-state index in [1.165, 1.54) is 4.90 Å². The van der Waals surface area contributed by atoms with Crippen molar-refractivity contribution in [3.05, 3.63) is 29.8 Å². The molecule has 2 fully saturated rings. The quantitative estimate of drug-likeness (QED) is 0.836. The van der Waals surface area contributed by atoms with Crippen LogP contribution < -0.4 is 5.32 Å². The predicted molar refractivity (Wildman–Crippen MR) is 87.5 cm³/mol. The maximum atomic E-state index is 13.4. The first-order valence-corrected chi connectivity index (χ1v) is 8.53. The Labute approximate surface area is 140 Å². The van der Waals surface area contributed by atoms with Gasteiger partial charge in [0.2, 0.25) is 5.92 Å². The summed E-state index contributed by atoms with van der Waals surface area (Å²) >= 11 is 0. The summed E-state index contributed by atoms with van der Waals surface area (Å²) in [6, 6.07) is 6.44. The van der Waals surface area contributed by atoms with Gasteiger partial charge in [-0.25, -0.2) is 13.6 Å². The van der Waals surface area contributed by atoms with Crippen LogP contribution in [0.1, 0.15) is 48.9 Å². The van der Waals surface area contributed by atoms with E-state index in [0.29, 0.717) is 24.2 Å². The van der Waals surface area contributed by atoms with Crippen LogP contribution in [-0.2, 0) is 0 Å². The second kappa shape index (κ2) is 6.87. The molecule has 0 aromatic heterocycles. The molecule has 0 spiro atoms. The molecular weight excluding hydrogens is 314 g/mol. The van der Waals surface area contributed by atoms with Crippen LogP contribution in [0, 0.1) is 5.92 Å². The minimum Gasteiger partial charge on any atom is -0.324 e. The van der Waals surface area contributed by atoms with Gasteiger partial charge in [-0.3, -0.25) is 4.79 Å². The Morgan fingerprint density at radius 3 is 2.38 bits per heavy atom. The zero-order valence-corrected chi connectivity index (χ0v) is 13.6. The molecule has 6 heteroatoms. The SMILES string of the molecule is O=C(c1ccc(NC(=O)N2CCCC(F)(F)CC2)cc1)C1CCC1. The lowest BCUT2D eigenvalue weighted by molar-refractivity contribution is -0.0121. The molecule has 2 aliphatic rings. The fourth-order valence-electron chi connectivity index (χ4n) is 3.09. The smallest absolute Gasteiger partial charge is 0.321 e. The molecule has 2 amide bonds. The van der Waals surface area contributed by atoms with E-state index < -0.39 is 5.92 Å². The highest BCUT2D eigenvalue weighted by Crippen LogP contribution is 2.30. The van der Waals surface area contributed by atoms with E-state index in [4.69, 9.17) is 0 Å². The number of alkyl halides is 2. The molecule has 1 aliphatic heterocycles. The summed E-state index contributed by atoms with van der Waals surface area (Å²) in [5.41, 5.74) is 1.23. The molecule has 1 aromatic carbocycles. The normalized spacial score (nSPS) is 20.8. The largest absolute Gasteiger partial charge is 0.324 e. The minimum absolute atomic E-state index is 0.0527. The van der Waals surface area contributed by atoms with Crippen LogP contribution in [0.15, 0.2) is 24.3 Å². The third-order valence-corrected chi connectivity index (χ3v) is 4.90. The van der Waals surface area contributed by atoms with Crippen molar-refractivity contribution < 1.29 is 18.4 Å². The lowest BCUT2D eigenvalue weighted by Crippen LogP contribution is -2.36. The summed E-state index contributed by atoms with van der Waals surface area (Å²) in [7, 11) is 0. The first-order chi connectivity index (χ1) is 11.4. The Kier molecular flexibility index (Phi) is 4.83. The molecule has 3 rings (SSSR count). The molecule has 0 atom stereocenters. The minimum atomic E-state index is -2.68. The van der Waals surface area contributed by atoms with Crippen molar-refractivity contribution in [3.63, 3.8) is 0 Å². The van der Waals surface area contributed by atoms with E-state index >= 15 is 0 Å². The zero-order chi connectivity index (χ0) is 17.2. The van der Waals surface area contributed by atoms with Gasteiger partial charge in [-0.2, -0.15) is 0 Å². The monoisotopic (exact) mass is 336 g/mol. The summed E-state index contributed by atoms with van der Waals surface area (Å²) < 4.78 is 26.7. The molecule has 0 bridgehead atoms. The third-order valence-electron chi connectivity index (χ3n) is 4.90. The van der Waals surface area contributed by atoms with Gasteiger partial charge in [-0.05, 0) is 43.5 Å². The van der Waals surface area contributed by atoms with Gasteiger partial charge < -0.3 is 10.2 Å². The Bertz CT molecular complexity index is 612. The number of amides is 2. The average molecular weight is 336 g/mol. The predicted octanol–water partition coefficient (Wildman–Crippen LogP) is 4.32. The summed E-state index contributed by atoms with van der Waals surface area (Å²) in [5, 5.41) is 2.72. The number of hydrogen-bond donors (Lipinski definition) is 1. The van der Waals surface area contributed by atoms with Gasteiger partial charge in [0.15, 0.2) is 5.78 Å². The average Bonchev–Trinajstić information content (AvgIpc) is 2.67. The number of ketones is 1. The maximum absolute atomic E-state index is 13.4. The van der Waals surface area contributed by atoms with E-state index in [0.717, 1.165) is 19.3 Å². The number of nitrogens with one attached hydrogen (secondary N) is 1. The molecule has 1 saturated carbocycles. The van der Waals surface area contributed by atoms with E-state index in [9.17, 15) is 18.4 Å². The summed E-state index contributed by atoms with van der Waals surface area (Å²) in [4.78, 5) is 25.8. The Balaban J connectivity index is 1.57. The Morgan fingerprint density at radius 2 is 1.75 bits per heavy atom. The van der Waals surface area contributed by atoms with Gasteiger partial charge in [-0.15, -0.1) is 0 Å². The van der Waals surface area contributed by atoms with Crippen LogP contribution >= 0.6 is 0 Å². The molecule has 1 N–H and O–H groups in total. The highest BCUT2D eigenvalue weighted by Gasteiger charge is 2.33. The number of urea groups is 1. The Hall–Kier alpha value is -1.98. The third kappa shape index (κ3) is 3.91. The lowest BCUT2D eigenvalue weighted by atomic mass is 9.80. The number of Topliss-reactive ketones (excluding diaryl/α,β-unsaturated/α-hetero) is 1. The maximum Gasteiger partial charge on any atom is 0.321 e. The number of halogens is 2. The summed E-state index contributed by atoms with van der Waals surface area (Å²) in [5.74, 6) is -2.38. The molecule has 1 aromatic rings. The molecule has 1 saturated heterocycles. The fourth-order valence-corrected chi connectivity index (χ4v) is 3.09. The van der Waals surface area contributed by atoms with Crippen molar-refractivity contribution in [2.45, 2.75) is 44.4 Å². The molecule has 0 unspecified atom stereocenters. The zero-order valence-electron chi connectivity index (χ0n) is 13.6. The van der Waals surface area contributed by atoms with Crippen LogP contribution in [0.2, 0.25) is 0 Å². The number of likely N-dealkylation sites (tertiary alicyclic amines) is 1. The molecule has 0 radical (unpaired) electrons. The van der Waals surface area contributed by atoms with E-state index in [1.54, 1.807) is 24.3 Å². The second-order valence-electron chi connectivity index (χ2n) is 6.70. The van der Waals surface area contributed by atoms with Crippen LogP contribution in [0.3, 0.4) is 0 Å². The van der Waals surface area contributed by atoms with E-state index in [2.05, 4.69) is 5.32 Å². The van der Waals surface area contributed by atoms with E-state index in [1.807, 2.05) is 0 Å². The van der Waals surface area contributed by atoms with Gasteiger partial charge in [0.05, 0.1) is 0 Å². The van der Waals surface area contributed by atoms with Crippen molar-refractivity contribution >= 4 is 17.5 Å². The van der Waals surface area contributed by atoms with Gasteiger partial charge in [0, 0.05) is 43.1 Å². The standard InChI is InChI=1S/C18H22F2N2O2/c19-18(20)9-2-11-22(12-10-18)17(24)21-15-7-5-14(6-8-15)16(23)13-3-1-4-13/h5-8,13H,1-4,9-12H2,(H,21,24). The van der Waals surface area contributed by atoms with Gasteiger partial charge in [-0.1, -0.05) is 6.42 Å². The first kappa shape index (κ1) is 16.9. The van der Waals surface area contributed by atoms with Crippen LogP contribution in [0.4, 0.5) is 19.3 Å². The summed E-state index contributed by atoms with van der Waals surface area (Å²) in [6.07, 6.45) is 2.85. The van der Waals surface area contributed by atoms with Crippen LogP contribution in [0.5, 0.6) is 0 Å². The van der Waals surface area contributed by atoms with Crippen LogP contribution in [0.25, 0.3) is 0 Å². The van der Waals surface area contributed by atoms with Crippen molar-refractivity contribution in [1.29, 1.82) is 0 Å². The second-order valence-corrected chi connectivity index (χ2v) is 6.70. The van der Waals surface area contributed by atoms with Gasteiger partial charge in [0.1, 0.15) is 0 Å². The number of rotatable bonds is 3. The Morgan fingerprint density at radius 1 is 1.04 bits per heavy atom. The number of benzene rings is 1. The molecule has 1 heterocycles. The van der Waals surface area contributed by atoms with Crippen molar-refractivity contribution in [3.8, 4) is 0 Å². The first-order valence-electron chi connectivity index (χ1n) is 8.53. The molecule has 130 valence electrons. The number of hydrogen-bond acceptors (Lipinski definition) is 2. The number of carbonyl (C=O) groups excluding carboxylic acids is 2. The molecule has 1 aliphatic carbocycles. The number of carbonyl (C=O) groups is 2. The van der Waals surface area contributed by atoms with Crippen molar-refractivity contribution in [2.24, 2.45) is 5.92 Å².